The lowest BCUT2D eigenvalue weighted by Gasteiger charge is -2.04. The molecule has 0 unspecified atom stereocenters. The van der Waals surface area contributed by atoms with Gasteiger partial charge in [0.25, 0.3) is 5.56 Å². The van der Waals surface area contributed by atoms with Crippen molar-refractivity contribution in [3.8, 4) is 0 Å². The molecule has 0 aromatic carbocycles. The molecule has 17 heavy (non-hydrogen) atoms. The summed E-state index contributed by atoms with van der Waals surface area (Å²) in [4.78, 5) is 18.7. The van der Waals surface area contributed by atoms with Crippen LogP contribution in [-0.2, 0) is 13.0 Å². The molecule has 2 rings (SSSR count). The number of hydrogen-bond donors (Lipinski definition) is 0. The molecule has 90 valence electrons. The Morgan fingerprint density at radius 2 is 2.12 bits per heavy atom. The minimum Gasteiger partial charge on any atom is -0.293 e. The summed E-state index contributed by atoms with van der Waals surface area (Å²) in [6, 6.07) is 4.19. The van der Waals surface area contributed by atoms with Crippen molar-refractivity contribution in [2.45, 2.75) is 26.8 Å². The van der Waals surface area contributed by atoms with E-state index in [1.54, 1.807) is 22.2 Å². The van der Waals surface area contributed by atoms with Crippen LogP contribution in [0.5, 0.6) is 0 Å². The number of aryl methyl sites for hydroxylation is 2. The first-order valence-electron chi connectivity index (χ1n) is 5.41. The molecule has 2 heterocycles. The van der Waals surface area contributed by atoms with E-state index in [0.29, 0.717) is 11.0 Å². The normalized spacial score (nSPS) is 10.8. The molecule has 0 amide bonds. The average Bonchev–Trinajstić information content (AvgIpc) is 2.78. The van der Waals surface area contributed by atoms with Gasteiger partial charge in [-0.25, -0.2) is 4.98 Å². The lowest BCUT2D eigenvalue weighted by Crippen LogP contribution is -2.22. The zero-order valence-corrected chi connectivity index (χ0v) is 12.1. The van der Waals surface area contributed by atoms with E-state index in [1.807, 2.05) is 6.92 Å². The van der Waals surface area contributed by atoms with E-state index in [4.69, 9.17) is 0 Å². The Bertz CT molecular complexity index is 588. The first kappa shape index (κ1) is 12.5. The van der Waals surface area contributed by atoms with Crippen LogP contribution >= 0.6 is 27.3 Å². The van der Waals surface area contributed by atoms with Gasteiger partial charge in [-0.1, -0.05) is 6.92 Å². The van der Waals surface area contributed by atoms with Crippen molar-refractivity contribution in [1.29, 1.82) is 0 Å². The van der Waals surface area contributed by atoms with Gasteiger partial charge in [-0.2, -0.15) is 0 Å². The van der Waals surface area contributed by atoms with Gasteiger partial charge >= 0.3 is 0 Å². The second-order valence-corrected chi connectivity index (χ2v) is 5.84. The molecule has 0 radical (unpaired) electrons. The van der Waals surface area contributed by atoms with Gasteiger partial charge in [-0.15, -0.1) is 11.3 Å². The molecule has 2 aromatic heterocycles. The summed E-state index contributed by atoms with van der Waals surface area (Å²) in [5.74, 6) is 0. The molecular formula is C12H13BrN2OS. The molecular weight excluding hydrogens is 300 g/mol. The lowest BCUT2D eigenvalue weighted by molar-refractivity contribution is 0.733. The highest BCUT2D eigenvalue weighted by Crippen LogP contribution is 2.17. The van der Waals surface area contributed by atoms with Crippen molar-refractivity contribution in [3.05, 3.63) is 48.7 Å². The smallest absolute Gasteiger partial charge is 0.268 e. The summed E-state index contributed by atoms with van der Waals surface area (Å²) in [7, 11) is 0. The second kappa shape index (κ2) is 5.14. The Hall–Kier alpha value is -0.940. The number of rotatable bonds is 3. The first-order valence-corrected chi connectivity index (χ1v) is 7.02. The molecule has 2 aromatic rings. The van der Waals surface area contributed by atoms with Crippen LogP contribution in [0.25, 0.3) is 0 Å². The van der Waals surface area contributed by atoms with Crippen LogP contribution in [0.4, 0.5) is 0 Å². The summed E-state index contributed by atoms with van der Waals surface area (Å²) in [5, 5.41) is 0. The third-order valence-electron chi connectivity index (χ3n) is 2.55. The van der Waals surface area contributed by atoms with Crippen molar-refractivity contribution in [1.82, 2.24) is 9.55 Å². The molecule has 0 fully saturated rings. The number of halogens is 1. The fourth-order valence-corrected chi connectivity index (χ4v) is 2.81. The van der Waals surface area contributed by atoms with Crippen LogP contribution in [0.1, 0.15) is 22.4 Å². The predicted octanol–water partition coefficient (Wildman–Crippen LogP) is 2.99. The molecule has 0 saturated carbocycles. The van der Waals surface area contributed by atoms with Crippen LogP contribution < -0.4 is 5.56 Å². The fraction of sp³-hybridized carbons (Fsp3) is 0.333. The Balaban J connectivity index is 2.30. The molecule has 0 aliphatic heterocycles. The van der Waals surface area contributed by atoms with Crippen molar-refractivity contribution in [3.63, 3.8) is 0 Å². The van der Waals surface area contributed by atoms with Crippen LogP contribution in [0, 0.1) is 6.92 Å². The zero-order valence-electron chi connectivity index (χ0n) is 9.74. The van der Waals surface area contributed by atoms with Gasteiger partial charge in [0.2, 0.25) is 0 Å². The summed E-state index contributed by atoms with van der Waals surface area (Å²) >= 11 is 5.01. The summed E-state index contributed by atoms with van der Waals surface area (Å²) < 4.78 is 2.18. The van der Waals surface area contributed by atoms with Gasteiger partial charge < -0.3 is 0 Å². The molecule has 0 saturated heterocycles. The SMILES string of the molecule is CCc1ccc(Cn2cnc(C)c(Br)c2=O)s1. The van der Waals surface area contributed by atoms with Gasteiger partial charge in [0.15, 0.2) is 0 Å². The van der Waals surface area contributed by atoms with Crippen molar-refractivity contribution >= 4 is 27.3 Å². The fourth-order valence-electron chi connectivity index (χ4n) is 1.52. The van der Waals surface area contributed by atoms with Gasteiger partial charge in [-0.05, 0) is 41.4 Å². The van der Waals surface area contributed by atoms with E-state index in [0.717, 1.165) is 12.1 Å². The van der Waals surface area contributed by atoms with Crippen LogP contribution in [0.2, 0.25) is 0 Å². The molecule has 0 N–H and O–H groups in total. The average molecular weight is 313 g/mol. The van der Waals surface area contributed by atoms with E-state index in [2.05, 4.69) is 40.0 Å². The van der Waals surface area contributed by atoms with Gasteiger partial charge in [0.1, 0.15) is 4.47 Å². The molecule has 0 spiro atoms. The molecule has 3 nitrogen and oxygen atoms in total. The Kier molecular flexibility index (Phi) is 3.79. The summed E-state index contributed by atoms with van der Waals surface area (Å²) in [6.45, 7) is 4.54. The number of aromatic nitrogens is 2. The largest absolute Gasteiger partial charge is 0.293 e. The third-order valence-corrected chi connectivity index (χ3v) is 4.68. The van der Waals surface area contributed by atoms with Gasteiger partial charge in [-0.3, -0.25) is 9.36 Å². The summed E-state index contributed by atoms with van der Waals surface area (Å²) in [6.07, 6.45) is 2.64. The quantitative estimate of drug-likeness (QED) is 0.873. The van der Waals surface area contributed by atoms with E-state index in [9.17, 15) is 4.79 Å². The maximum Gasteiger partial charge on any atom is 0.268 e. The lowest BCUT2D eigenvalue weighted by atomic mass is 10.3. The van der Waals surface area contributed by atoms with Crippen molar-refractivity contribution in [2.75, 3.05) is 0 Å². The first-order chi connectivity index (χ1) is 8.11. The van der Waals surface area contributed by atoms with E-state index in [1.165, 1.54) is 9.75 Å². The standard InChI is InChI=1S/C12H13BrN2OS/c1-3-9-4-5-10(17-9)6-15-7-14-8(2)11(13)12(15)16/h4-5,7H,3,6H2,1-2H3. The molecule has 0 bridgehead atoms. The highest BCUT2D eigenvalue weighted by Gasteiger charge is 2.07. The Labute approximate surface area is 112 Å². The zero-order chi connectivity index (χ0) is 12.4. The highest BCUT2D eigenvalue weighted by molar-refractivity contribution is 9.10. The maximum absolute atomic E-state index is 12.0. The minimum atomic E-state index is -0.0241. The number of thiophene rings is 1. The number of hydrogen-bond acceptors (Lipinski definition) is 3. The Morgan fingerprint density at radius 3 is 2.76 bits per heavy atom. The number of nitrogens with zero attached hydrogens (tertiary/aromatic N) is 2. The van der Waals surface area contributed by atoms with Crippen LogP contribution in [0.15, 0.2) is 27.7 Å². The predicted molar refractivity (Wildman–Crippen MR) is 73.7 cm³/mol. The highest BCUT2D eigenvalue weighted by atomic mass is 79.9. The topological polar surface area (TPSA) is 34.9 Å². The van der Waals surface area contributed by atoms with Crippen LogP contribution in [-0.4, -0.2) is 9.55 Å². The van der Waals surface area contributed by atoms with Gasteiger partial charge in [0, 0.05) is 9.75 Å². The molecule has 0 aliphatic carbocycles. The molecule has 5 heteroatoms. The summed E-state index contributed by atoms with van der Waals surface area (Å²) in [5.41, 5.74) is 0.704. The monoisotopic (exact) mass is 312 g/mol. The Morgan fingerprint density at radius 1 is 1.41 bits per heavy atom. The molecule has 0 aliphatic rings. The third kappa shape index (κ3) is 2.66. The van der Waals surface area contributed by atoms with Gasteiger partial charge in [0.05, 0.1) is 18.6 Å². The maximum atomic E-state index is 12.0. The second-order valence-electron chi connectivity index (χ2n) is 3.80. The minimum absolute atomic E-state index is 0.0241. The van der Waals surface area contributed by atoms with Crippen molar-refractivity contribution < 1.29 is 0 Å². The van der Waals surface area contributed by atoms with E-state index >= 15 is 0 Å². The van der Waals surface area contributed by atoms with Crippen LogP contribution in [0.3, 0.4) is 0 Å². The van der Waals surface area contributed by atoms with Crippen molar-refractivity contribution in [2.24, 2.45) is 0 Å². The van der Waals surface area contributed by atoms with E-state index < -0.39 is 0 Å². The molecule has 0 atom stereocenters. The van der Waals surface area contributed by atoms with E-state index in [-0.39, 0.29) is 5.56 Å².